The van der Waals surface area contributed by atoms with Crippen molar-refractivity contribution in [2.75, 3.05) is 19.8 Å². The maximum absolute atomic E-state index is 11.8. The summed E-state index contributed by atoms with van der Waals surface area (Å²) in [6.07, 6.45) is -2.49. The zero-order valence-corrected chi connectivity index (χ0v) is 11.1. The van der Waals surface area contributed by atoms with Gasteiger partial charge in [0, 0.05) is 11.9 Å². The zero-order chi connectivity index (χ0) is 15.2. The second-order valence-corrected chi connectivity index (χ2v) is 4.34. The topological polar surface area (TPSA) is 71.7 Å². The summed E-state index contributed by atoms with van der Waals surface area (Å²) in [6.45, 7) is 0.0246. The highest BCUT2D eigenvalue weighted by Gasteiger charge is 2.19. The summed E-state index contributed by atoms with van der Waals surface area (Å²) in [7, 11) is 0. The van der Waals surface area contributed by atoms with Gasteiger partial charge in [-0.2, -0.15) is 0 Å². The Balaban J connectivity index is 1.95. The van der Waals surface area contributed by atoms with E-state index >= 15 is 0 Å². The molecule has 5 nitrogen and oxygen atoms in total. The number of aromatic carboxylic acids is 1. The summed E-state index contributed by atoms with van der Waals surface area (Å²) in [5, 5.41) is 12.7. The molecule has 7 heteroatoms. The zero-order valence-electron chi connectivity index (χ0n) is 11.1. The minimum absolute atomic E-state index is 0.117. The molecule has 0 saturated carbocycles. The Hall–Kier alpha value is -1.99. The molecule has 0 atom stereocenters. The Morgan fingerprint density at radius 2 is 2.14 bits per heavy atom. The van der Waals surface area contributed by atoms with Crippen LogP contribution in [0.1, 0.15) is 16.1 Å². The number of rotatable bonds is 8. The van der Waals surface area contributed by atoms with Crippen LogP contribution in [0.15, 0.2) is 28.7 Å². The third kappa shape index (κ3) is 3.99. The van der Waals surface area contributed by atoms with Crippen LogP contribution in [-0.2, 0) is 11.3 Å². The number of furan rings is 1. The van der Waals surface area contributed by atoms with Gasteiger partial charge in [-0.1, -0.05) is 18.2 Å². The predicted molar refractivity (Wildman–Crippen MR) is 71.7 cm³/mol. The highest BCUT2D eigenvalue weighted by Crippen LogP contribution is 2.25. The number of halogens is 2. The molecule has 2 N–H and O–H groups in total. The average Bonchev–Trinajstić information content (AvgIpc) is 2.80. The molecule has 0 saturated heterocycles. The summed E-state index contributed by atoms with van der Waals surface area (Å²) >= 11 is 0. The Morgan fingerprint density at radius 3 is 2.86 bits per heavy atom. The van der Waals surface area contributed by atoms with Crippen LogP contribution >= 0.6 is 0 Å². The van der Waals surface area contributed by atoms with E-state index in [9.17, 15) is 18.7 Å². The van der Waals surface area contributed by atoms with Gasteiger partial charge in [-0.25, -0.2) is 13.6 Å². The van der Waals surface area contributed by atoms with E-state index in [0.29, 0.717) is 23.3 Å². The highest BCUT2D eigenvalue weighted by molar-refractivity contribution is 6.03. The fraction of sp³-hybridized carbons (Fsp3) is 0.357. The van der Waals surface area contributed by atoms with Crippen LogP contribution in [0.4, 0.5) is 8.78 Å². The third-order valence-corrected chi connectivity index (χ3v) is 2.83. The molecule has 1 aromatic carbocycles. The van der Waals surface area contributed by atoms with Crippen molar-refractivity contribution in [2.24, 2.45) is 0 Å². The lowest BCUT2D eigenvalue weighted by atomic mass is 10.1. The quantitative estimate of drug-likeness (QED) is 0.733. The van der Waals surface area contributed by atoms with Gasteiger partial charge in [-0.15, -0.1) is 0 Å². The Bertz CT molecular complexity index is 612. The normalized spacial score (nSPS) is 11.4. The number of para-hydroxylation sites is 1. The van der Waals surface area contributed by atoms with Gasteiger partial charge in [0.1, 0.15) is 23.5 Å². The second-order valence-electron chi connectivity index (χ2n) is 4.34. The average molecular weight is 299 g/mol. The number of fused-ring (bicyclic) bond motifs is 1. The minimum Gasteiger partial charge on any atom is -0.478 e. The Morgan fingerprint density at radius 1 is 1.38 bits per heavy atom. The van der Waals surface area contributed by atoms with E-state index in [4.69, 9.17) is 9.15 Å². The van der Waals surface area contributed by atoms with Crippen LogP contribution in [0.5, 0.6) is 0 Å². The first kappa shape index (κ1) is 15.4. The van der Waals surface area contributed by atoms with Gasteiger partial charge < -0.3 is 19.6 Å². The lowest BCUT2D eigenvalue weighted by Gasteiger charge is -2.05. The molecule has 0 radical (unpaired) electrons. The molecule has 0 aliphatic rings. The lowest BCUT2D eigenvalue weighted by molar-refractivity contribution is 0.0186. The predicted octanol–water partition coefficient (Wildman–Crippen LogP) is 2.50. The van der Waals surface area contributed by atoms with Gasteiger partial charge in [-0.3, -0.25) is 0 Å². The molecule has 2 aromatic rings. The van der Waals surface area contributed by atoms with E-state index in [1.807, 2.05) is 0 Å². The highest BCUT2D eigenvalue weighted by atomic mass is 19.3. The van der Waals surface area contributed by atoms with Gasteiger partial charge in [0.2, 0.25) is 0 Å². The molecule has 0 spiro atoms. The first-order chi connectivity index (χ1) is 10.1. The monoisotopic (exact) mass is 299 g/mol. The third-order valence-electron chi connectivity index (χ3n) is 2.83. The SMILES string of the molecule is O=C(O)c1c(CNCCOCC(F)F)oc2ccccc12. The molecule has 2 rings (SSSR count). The van der Waals surface area contributed by atoms with Crippen molar-refractivity contribution >= 4 is 16.9 Å². The van der Waals surface area contributed by atoms with Crippen LogP contribution in [-0.4, -0.2) is 37.3 Å². The number of ether oxygens (including phenoxy) is 1. The van der Waals surface area contributed by atoms with Crippen molar-refractivity contribution in [3.8, 4) is 0 Å². The smallest absolute Gasteiger partial charge is 0.339 e. The van der Waals surface area contributed by atoms with Gasteiger partial charge in [0.25, 0.3) is 6.43 Å². The van der Waals surface area contributed by atoms with Crippen molar-refractivity contribution in [3.63, 3.8) is 0 Å². The molecule has 0 aliphatic carbocycles. The fourth-order valence-electron chi connectivity index (χ4n) is 1.97. The second kappa shape index (κ2) is 7.14. The number of alkyl halides is 2. The Kier molecular flexibility index (Phi) is 5.24. The Labute approximate surface area is 119 Å². The largest absolute Gasteiger partial charge is 0.478 e. The minimum atomic E-state index is -2.49. The summed E-state index contributed by atoms with van der Waals surface area (Å²) in [5.41, 5.74) is 0.618. The van der Waals surface area contributed by atoms with E-state index in [1.54, 1.807) is 24.3 Å². The van der Waals surface area contributed by atoms with Crippen molar-refractivity contribution < 1.29 is 27.8 Å². The maximum atomic E-state index is 11.8. The molecular formula is C14H15F2NO4. The number of benzene rings is 1. The van der Waals surface area contributed by atoms with E-state index < -0.39 is 19.0 Å². The van der Waals surface area contributed by atoms with Crippen molar-refractivity contribution in [1.29, 1.82) is 0 Å². The number of hydrogen-bond acceptors (Lipinski definition) is 4. The lowest BCUT2D eigenvalue weighted by Crippen LogP contribution is -2.21. The van der Waals surface area contributed by atoms with E-state index in [-0.39, 0.29) is 18.7 Å². The van der Waals surface area contributed by atoms with Crippen LogP contribution in [0.25, 0.3) is 11.0 Å². The van der Waals surface area contributed by atoms with Gasteiger partial charge in [0.15, 0.2) is 0 Å². The summed E-state index contributed by atoms with van der Waals surface area (Å²) in [5.74, 6) is -0.761. The molecule has 0 fully saturated rings. The van der Waals surface area contributed by atoms with Crippen LogP contribution < -0.4 is 5.32 Å². The first-order valence-electron chi connectivity index (χ1n) is 6.40. The van der Waals surface area contributed by atoms with Crippen LogP contribution in [0.3, 0.4) is 0 Å². The number of carbonyl (C=O) groups is 1. The standard InChI is InChI=1S/C14H15F2NO4/c15-12(16)8-20-6-5-17-7-11-13(14(18)19)9-3-1-2-4-10(9)21-11/h1-4,12,17H,5-8H2,(H,18,19). The molecule has 1 heterocycles. The number of carboxylic acid groups (broad SMARTS) is 1. The molecule has 0 unspecified atom stereocenters. The van der Waals surface area contributed by atoms with Crippen LogP contribution in [0, 0.1) is 0 Å². The molecule has 21 heavy (non-hydrogen) atoms. The molecular weight excluding hydrogens is 284 g/mol. The molecule has 0 bridgehead atoms. The molecule has 0 aliphatic heterocycles. The first-order valence-corrected chi connectivity index (χ1v) is 6.40. The molecule has 1 aromatic heterocycles. The van der Waals surface area contributed by atoms with Crippen molar-refractivity contribution in [1.82, 2.24) is 5.32 Å². The molecule has 0 amide bonds. The number of hydrogen-bond donors (Lipinski definition) is 2. The number of carboxylic acids is 1. The summed E-state index contributed by atoms with van der Waals surface area (Å²) < 4.78 is 33.9. The van der Waals surface area contributed by atoms with E-state index in [1.165, 1.54) is 0 Å². The van der Waals surface area contributed by atoms with Gasteiger partial charge in [0.05, 0.1) is 13.2 Å². The van der Waals surface area contributed by atoms with Crippen LogP contribution in [0.2, 0.25) is 0 Å². The maximum Gasteiger partial charge on any atom is 0.339 e. The number of nitrogens with one attached hydrogen (secondary N) is 1. The van der Waals surface area contributed by atoms with E-state index in [0.717, 1.165) is 0 Å². The van der Waals surface area contributed by atoms with Crippen molar-refractivity contribution in [3.05, 3.63) is 35.6 Å². The molecule has 114 valence electrons. The van der Waals surface area contributed by atoms with Gasteiger partial charge >= 0.3 is 5.97 Å². The van der Waals surface area contributed by atoms with E-state index in [2.05, 4.69) is 5.32 Å². The summed E-state index contributed by atoms with van der Waals surface area (Å²) in [6, 6.07) is 6.86. The van der Waals surface area contributed by atoms with Gasteiger partial charge in [-0.05, 0) is 6.07 Å². The summed E-state index contributed by atoms with van der Waals surface area (Å²) in [4.78, 5) is 11.3. The van der Waals surface area contributed by atoms with Crippen molar-refractivity contribution in [2.45, 2.75) is 13.0 Å². The fourth-order valence-corrected chi connectivity index (χ4v) is 1.97.